The average molecular weight is 568 g/mol. The first kappa shape index (κ1) is 31.8. The van der Waals surface area contributed by atoms with Crippen molar-refractivity contribution >= 4 is 30.2 Å². The fourth-order valence-corrected chi connectivity index (χ4v) is 5.44. The van der Waals surface area contributed by atoms with E-state index in [4.69, 9.17) is 13.9 Å². The molecule has 0 heterocycles. The zero-order chi connectivity index (χ0) is 26.5. The van der Waals surface area contributed by atoms with Crippen molar-refractivity contribution < 1.29 is 18.7 Å². The van der Waals surface area contributed by atoms with Crippen molar-refractivity contribution in [2.24, 2.45) is 5.92 Å². The summed E-state index contributed by atoms with van der Waals surface area (Å²) in [4.78, 5) is 12.2. The predicted octanol–water partition coefficient (Wildman–Crippen LogP) is 8.23. The maximum Gasteiger partial charge on any atom is 0.333 e. The van der Waals surface area contributed by atoms with Gasteiger partial charge in [0.1, 0.15) is 0 Å². The molecule has 0 spiro atoms. The van der Waals surface area contributed by atoms with Crippen LogP contribution in [0.3, 0.4) is 0 Å². The lowest BCUT2D eigenvalue weighted by atomic mass is 9.90. The van der Waals surface area contributed by atoms with Crippen molar-refractivity contribution in [1.82, 2.24) is 0 Å². The third-order valence-corrected chi connectivity index (χ3v) is 11.6. The van der Waals surface area contributed by atoms with Crippen LogP contribution in [-0.4, -0.2) is 38.9 Å². The molecule has 0 aliphatic carbocycles. The zero-order valence-electron chi connectivity index (χ0n) is 23.2. The van der Waals surface area contributed by atoms with Gasteiger partial charge in [-0.25, -0.2) is 4.79 Å². The fourth-order valence-electron chi connectivity index (χ4n) is 3.50. The maximum atomic E-state index is 12.2. The molecule has 0 unspecified atom stereocenters. The first-order valence-corrected chi connectivity index (χ1v) is 16.8. The summed E-state index contributed by atoms with van der Waals surface area (Å²) in [6.45, 7) is 18.9. The van der Waals surface area contributed by atoms with Gasteiger partial charge in [0.25, 0.3) is 0 Å². The number of benzene rings is 1. The third kappa shape index (κ3) is 12.0. The van der Waals surface area contributed by atoms with Gasteiger partial charge in [-0.15, -0.1) is 0 Å². The Morgan fingerprint density at radius 3 is 2.34 bits per heavy atom. The van der Waals surface area contributed by atoms with Crippen molar-refractivity contribution in [3.63, 3.8) is 0 Å². The number of hydrogen-bond acceptors (Lipinski definition) is 4. The second-order valence-corrected chi connectivity index (χ2v) is 16.2. The van der Waals surface area contributed by atoms with E-state index in [0.29, 0.717) is 25.4 Å². The lowest BCUT2D eigenvalue weighted by Crippen LogP contribution is -2.46. The summed E-state index contributed by atoms with van der Waals surface area (Å²) >= 11 is 3.53. The van der Waals surface area contributed by atoms with Crippen LogP contribution in [0.5, 0.6) is 0 Å². The highest BCUT2D eigenvalue weighted by Gasteiger charge is 2.40. The Balaban J connectivity index is 3.11. The highest BCUT2D eigenvalue weighted by molar-refractivity contribution is 9.09. The Morgan fingerprint density at radius 2 is 1.77 bits per heavy atom. The Labute approximate surface area is 223 Å². The Bertz CT molecular complexity index is 812. The number of halogens is 1. The van der Waals surface area contributed by atoms with Crippen LogP contribution in [0.15, 0.2) is 53.6 Å². The van der Waals surface area contributed by atoms with E-state index in [9.17, 15) is 4.79 Å². The first-order chi connectivity index (χ1) is 16.4. The molecule has 1 rings (SSSR count). The SMILES string of the molecule is CCOC(=O)/C(C)=C/C[C@@H](CCOCc1ccccc1)[C@@H](C/C(C)=C/CBr)O[Si](C)(C)C(C)(C)C. The summed E-state index contributed by atoms with van der Waals surface area (Å²) in [6, 6.07) is 10.3. The van der Waals surface area contributed by atoms with E-state index in [2.05, 4.69) is 74.9 Å². The van der Waals surface area contributed by atoms with Crippen LogP contribution in [-0.2, 0) is 25.3 Å². The van der Waals surface area contributed by atoms with Gasteiger partial charge in [-0.3, -0.25) is 0 Å². The lowest BCUT2D eigenvalue weighted by Gasteiger charge is -2.41. The van der Waals surface area contributed by atoms with E-state index in [-0.39, 0.29) is 23.0 Å². The normalized spacial score (nSPS) is 15.1. The molecular weight excluding hydrogens is 520 g/mol. The number of allylic oxidation sites excluding steroid dienone is 2. The summed E-state index contributed by atoms with van der Waals surface area (Å²) in [7, 11) is -2.00. The van der Waals surface area contributed by atoms with Crippen LogP contribution >= 0.6 is 15.9 Å². The number of carbonyl (C=O) groups is 1. The van der Waals surface area contributed by atoms with Crippen LogP contribution in [0, 0.1) is 5.92 Å². The smallest absolute Gasteiger partial charge is 0.333 e. The number of esters is 1. The van der Waals surface area contributed by atoms with Crippen molar-refractivity contribution in [3.8, 4) is 0 Å². The molecule has 1 aromatic rings. The maximum absolute atomic E-state index is 12.2. The van der Waals surface area contributed by atoms with Gasteiger partial charge in [-0.05, 0) is 69.6 Å². The van der Waals surface area contributed by atoms with Gasteiger partial charge < -0.3 is 13.9 Å². The zero-order valence-corrected chi connectivity index (χ0v) is 25.7. The molecule has 0 aliphatic heterocycles. The minimum absolute atomic E-state index is 0.0535. The molecule has 0 saturated carbocycles. The van der Waals surface area contributed by atoms with E-state index < -0.39 is 8.32 Å². The molecule has 198 valence electrons. The second-order valence-electron chi connectivity index (χ2n) is 10.8. The quantitative estimate of drug-likeness (QED) is 0.0535. The molecule has 0 N–H and O–H groups in total. The van der Waals surface area contributed by atoms with Gasteiger partial charge >= 0.3 is 5.97 Å². The highest BCUT2D eigenvalue weighted by Crippen LogP contribution is 2.40. The van der Waals surface area contributed by atoms with Crippen molar-refractivity contribution in [2.45, 2.75) is 91.6 Å². The summed E-state index contributed by atoms with van der Waals surface area (Å²) in [5, 5.41) is 0.946. The third-order valence-electron chi connectivity index (χ3n) is 6.80. The van der Waals surface area contributed by atoms with E-state index in [0.717, 1.165) is 24.6 Å². The molecule has 2 atom stereocenters. The Morgan fingerprint density at radius 1 is 1.11 bits per heavy atom. The van der Waals surface area contributed by atoms with E-state index in [1.807, 2.05) is 38.1 Å². The summed E-state index contributed by atoms with van der Waals surface area (Å²) in [5.74, 6) is -0.0215. The highest BCUT2D eigenvalue weighted by atomic mass is 79.9. The standard InChI is InChI=1S/C29H47BrO4Si/c1-9-33-28(31)24(3)15-16-26(18-20-32-22-25-13-11-10-12-14-25)27(21-23(2)17-19-30)34-35(7,8)29(4,5)6/h10-15,17,26-27H,9,16,18-22H2,1-8H3/b23-17+,24-15+/t26-,27+/m0/s1. The molecule has 0 bridgehead atoms. The summed E-state index contributed by atoms with van der Waals surface area (Å²) in [6.07, 6.45) is 6.77. The second kappa shape index (κ2) is 15.8. The number of rotatable bonds is 15. The summed E-state index contributed by atoms with van der Waals surface area (Å²) in [5.41, 5.74) is 3.14. The molecule has 0 aliphatic rings. The van der Waals surface area contributed by atoms with Crippen LogP contribution in [0.4, 0.5) is 0 Å². The molecule has 0 fully saturated rings. The van der Waals surface area contributed by atoms with Crippen LogP contribution in [0.25, 0.3) is 0 Å². The number of carbonyl (C=O) groups excluding carboxylic acids is 1. The van der Waals surface area contributed by atoms with Crippen LogP contribution < -0.4 is 0 Å². The minimum Gasteiger partial charge on any atom is -0.463 e. The number of ether oxygens (including phenoxy) is 2. The predicted molar refractivity (Wildman–Crippen MR) is 153 cm³/mol. The minimum atomic E-state index is -2.00. The molecule has 6 heteroatoms. The molecule has 0 radical (unpaired) electrons. The molecule has 35 heavy (non-hydrogen) atoms. The van der Waals surface area contributed by atoms with Gasteiger partial charge in [0.2, 0.25) is 0 Å². The molecule has 0 aromatic heterocycles. The van der Waals surface area contributed by atoms with Crippen molar-refractivity contribution in [1.29, 1.82) is 0 Å². The van der Waals surface area contributed by atoms with Crippen LogP contribution in [0.2, 0.25) is 18.1 Å². The largest absolute Gasteiger partial charge is 0.463 e. The average Bonchev–Trinajstić information content (AvgIpc) is 2.78. The first-order valence-electron chi connectivity index (χ1n) is 12.8. The Kier molecular flexibility index (Phi) is 14.4. The molecule has 0 amide bonds. The molecule has 4 nitrogen and oxygen atoms in total. The van der Waals surface area contributed by atoms with Gasteiger partial charge in [0.15, 0.2) is 8.32 Å². The van der Waals surface area contributed by atoms with Gasteiger partial charge in [0, 0.05) is 17.5 Å². The van der Waals surface area contributed by atoms with Gasteiger partial charge in [-0.1, -0.05) is 84.8 Å². The molecule has 0 saturated heterocycles. The monoisotopic (exact) mass is 566 g/mol. The van der Waals surface area contributed by atoms with Crippen LogP contribution in [0.1, 0.15) is 66.4 Å². The van der Waals surface area contributed by atoms with Crippen molar-refractivity contribution in [3.05, 3.63) is 59.2 Å². The van der Waals surface area contributed by atoms with Gasteiger partial charge in [-0.2, -0.15) is 0 Å². The number of hydrogen-bond donors (Lipinski definition) is 0. The van der Waals surface area contributed by atoms with E-state index in [1.54, 1.807) is 0 Å². The topological polar surface area (TPSA) is 44.8 Å². The van der Waals surface area contributed by atoms with E-state index >= 15 is 0 Å². The van der Waals surface area contributed by atoms with E-state index in [1.165, 1.54) is 11.1 Å². The fraction of sp³-hybridized carbons (Fsp3) is 0.621. The number of alkyl halides is 1. The Hall–Kier alpha value is -1.21. The lowest BCUT2D eigenvalue weighted by molar-refractivity contribution is -0.138. The summed E-state index contributed by atoms with van der Waals surface area (Å²) < 4.78 is 18.3. The van der Waals surface area contributed by atoms with Crippen molar-refractivity contribution in [2.75, 3.05) is 18.5 Å². The molecule has 1 aromatic carbocycles. The van der Waals surface area contributed by atoms with Gasteiger partial charge in [0.05, 0.1) is 19.3 Å². The molecular formula is C29H47BrO4Si.